The standard InChI is InChI=1S/C12H11BrN4O2/c1-7(8-3-2-4-9(13)5-8)15-17-12(19)10-6-14-16-11(10)18/h2-6,10H,1H3,(H,16,18)(H,17,19)/b15-7+. The van der Waals surface area contributed by atoms with Crippen molar-refractivity contribution >= 4 is 39.7 Å². The molecule has 1 aromatic rings. The Hall–Kier alpha value is -2.02. The Bertz CT molecular complexity index is 583. The number of hydrogen-bond acceptors (Lipinski definition) is 4. The van der Waals surface area contributed by atoms with Crippen LogP contribution in [0.3, 0.4) is 0 Å². The van der Waals surface area contributed by atoms with Crippen LogP contribution in [-0.4, -0.2) is 23.7 Å². The lowest BCUT2D eigenvalue weighted by atomic mass is 10.1. The highest BCUT2D eigenvalue weighted by Gasteiger charge is 2.28. The molecular weight excluding hydrogens is 312 g/mol. The number of benzene rings is 1. The molecule has 2 N–H and O–H groups in total. The minimum Gasteiger partial charge on any atom is -0.272 e. The topological polar surface area (TPSA) is 82.9 Å². The molecule has 1 aromatic carbocycles. The Morgan fingerprint density at radius 1 is 1.53 bits per heavy atom. The van der Waals surface area contributed by atoms with E-state index >= 15 is 0 Å². The Balaban J connectivity index is 2.04. The van der Waals surface area contributed by atoms with E-state index in [-0.39, 0.29) is 0 Å². The number of carbonyl (C=O) groups is 2. The van der Waals surface area contributed by atoms with Gasteiger partial charge in [-0.25, -0.2) is 10.9 Å². The summed E-state index contributed by atoms with van der Waals surface area (Å²) in [5.41, 5.74) is 6.06. The predicted molar refractivity (Wildman–Crippen MR) is 74.6 cm³/mol. The number of amides is 2. The van der Waals surface area contributed by atoms with Crippen LogP contribution >= 0.6 is 15.9 Å². The fourth-order valence-electron chi connectivity index (χ4n) is 1.49. The van der Waals surface area contributed by atoms with Gasteiger partial charge in [-0.3, -0.25) is 9.59 Å². The Kier molecular flexibility index (Phi) is 4.06. The fraction of sp³-hybridized carbons (Fsp3) is 0.167. The lowest BCUT2D eigenvalue weighted by molar-refractivity contribution is -0.131. The molecule has 1 aliphatic rings. The van der Waals surface area contributed by atoms with Crippen molar-refractivity contribution < 1.29 is 9.59 Å². The van der Waals surface area contributed by atoms with E-state index in [9.17, 15) is 9.59 Å². The van der Waals surface area contributed by atoms with E-state index in [1.54, 1.807) is 6.92 Å². The number of nitrogens with zero attached hydrogens (tertiary/aromatic N) is 2. The molecule has 2 rings (SSSR count). The highest BCUT2D eigenvalue weighted by molar-refractivity contribution is 9.10. The molecule has 98 valence electrons. The summed E-state index contributed by atoms with van der Waals surface area (Å²) in [5, 5.41) is 7.49. The molecule has 1 atom stereocenters. The smallest absolute Gasteiger partial charge is 0.258 e. The Labute approximate surface area is 118 Å². The molecule has 19 heavy (non-hydrogen) atoms. The van der Waals surface area contributed by atoms with Crippen LogP contribution in [-0.2, 0) is 9.59 Å². The van der Waals surface area contributed by atoms with E-state index in [1.807, 2.05) is 24.3 Å². The summed E-state index contributed by atoms with van der Waals surface area (Å²) in [4.78, 5) is 22.9. The number of halogens is 1. The average Bonchev–Trinajstić information content (AvgIpc) is 2.82. The van der Waals surface area contributed by atoms with Gasteiger partial charge in [0.25, 0.3) is 11.8 Å². The maximum Gasteiger partial charge on any atom is 0.258 e. The van der Waals surface area contributed by atoms with Gasteiger partial charge in [0.2, 0.25) is 0 Å². The monoisotopic (exact) mass is 322 g/mol. The molecule has 0 aliphatic carbocycles. The second-order valence-electron chi connectivity index (χ2n) is 3.92. The van der Waals surface area contributed by atoms with Gasteiger partial charge in [0.1, 0.15) is 0 Å². The summed E-state index contributed by atoms with van der Waals surface area (Å²) in [5.74, 6) is -1.88. The summed E-state index contributed by atoms with van der Waals surface area (Å²) in [6.07, 6.45) is 1.25. The maximum absolute atomic E-state index is 11.7. The largest absolute Gasteiger partial charge is 0.272 e. The average molecular weight is 323 g/mol. The van der Waals surface area contributed by atoms with Gasteiger partial charge in [0, 0.05) is 10.7 Å². The SMILES string of the molecule is C/C(=N\NC(=O)C1C=NNC1=O)c1cccc(Br)c1. The van der Waals surface area contributed by atoms with Crippen molar-refractivity contribution in [2.45, 2.75) is 6.92 Å². The van der Waals surface area contributed by atoms with Crippen molar-refractivity contribution in [3.63, 3.8) is 0 Å². The van der Waals surface area contributed by atoms with Crippen molar-refractivity contribution in [1.82, 2.24) is 10.9 Å². The zero-order valence-electron chi connectivity index (χ0n) is 10.1. The van der Waals surface area contributed by atoms with Gasteiger partial charge >= 0.3 is 0 Å². The lowest BCUT2D eigenvalue weighted by Crippen LogP contribution is -2.34. The van der Waals surface area contributed by atoms with Crippen LogP contribution in [0.2, 0.25) is 0 Å². The van der Waals surface area contributed by atoms with E-state index < -0.39 is 17.7 Å². The fourth-order valence-corrected chi connectivity index (χ4v) is 1.89. The number of carbonyl (C=O) groups excluding carboxylic acids is 2. The second-order valence-corrected chi connectivity index (χ2v) is 4.83. The number of rotatable bonds is 3. The van der Waals surface area contributed by atoms with Crippen molar-refractivity contribution in [2.24, 2.45) is 16.1 Å². The molecule has 0 saturated heterocycles. The summed E-state index contributed by atoms with van der Waals surface area (Å²) < 4.78 is 0.924. The Morgan fingerprint density at radius 3 is 2.95 bits per heavy atom. The summed E-state index contributed by atoms with van der Waals surface area (Å²) >= 11 is 3.36. The van der Waals surface area contributed by atoms with Crippen LogP contribution < -0.4 is 10.9 Å². The molecule has 0 radical (unpaired) electrons. The molecule has 0 fully saturated rings. The molecule has 7 heteroatoms. The van der Waals surface area contributed by atoms with Crippen LogP contribution in [0.1, 0.15) is 12.5 Å². The predicted octanol–water partition coefficient (Wildman–Crippen LogP) is 1.02. The van der Waals surface area contributed by atoms with Crippen molar-refractivity contribution in [1.29, 1.82) is 0 Å². The normalized spacial score (nSPS) is 18.3. The Morgan fingerprint density at radius 2 is 2.32 bits per heavy atom. The first-order valence-corrected chi connectivity index (χ1v) is 6.30. The third-order valence-corrected chi connectivity index (χ3v) is 3.03. The second kappa shape index (κ2) is 5.75. The summed E-state index contributed by atoms with van der Waals surface area (Å²) in [7, 11) is 0. The van der Waals surface area contributed by atoms with Crippen molar-refractivity contribution in [2.75, 3.05) is 0 Å². The number of hydrogen-bond donors (Lipinski definition) is 2. The minimum atomic E-state index is -0.918. The van der Waals surface area contributed by atoms with Gasteiger partial charge in [-0.15, -0.1) is 0 Å². The molecule has 2 amide bonds. The van der Waals surface area contributed by atoms with Gasteiger partial charge in [0.05, 0.1) is 5.71 Å². The molecule has 0 bridgehead atoms. The zero-order chi connectivity index (χ0) is 13.8. The zero-order valence-corrected chi connectivity index (χ0v) is 11.6. The van der Waals surface area contributed by atoms with Gasteiger partial charge in [-0.05, 0) is 24.6 Å². The van der Waals surface area contributed by atoms with E-state index in [0.717, 1.165) is 10.0 Å². The highest BCUT2D eigenvalue weighted by Crippen LogP contribution is 2.12. The number of hydrazone groups is 2. The third-order valence-electron chi connectivity index (χ3n) is 2.54. The van der Waals surface area contributed by atoms with Crippen LogP contribution in [0.4, 0.5) is 0 Å². The van der Waals surface area contributed by atoms with Crippen LogP contribution in [0.25, 0.3) is 0 Å². The maximum atomic E-state index is 11.7. The van der Waals surface area contributed by atoms with Gasteiger partial charge in [-0.1, -0.05) is 28.1 Å². The molecule has 1 heterocycles. The molecule has 0 saturated carbocycles. The van der Waals surface area contributed by atoms with E-state index in [4.69, 9.17) is 0 Å². The minimum absolute atomic E-state index is 0.451. The molecule has 1 aliphatic heterocycles. The first-order chi connectivity index (χ1) is 9.08. The van der Waals surface area contributed by atoms with Gasteiger partial charge in [-0.2, -0.15) is 10.2 Å². The molecule has 6 nitrogen and oxygen atoms in total. The van der Waals surface area contributed by atoms with Crippen LogP contribution in [0.5, 0.6) is 0 Å². The quantitative estimate of drug-likeness (QED) is 0.495. The highest BCUT2D eigenvalue weighted by atomic mass is 79.9. The van der Waals surface area contributed by atoms with Crippen molar-refractivity contribution in [3.05, 3.63) is 34.3 Å². The van der Waals surface area contributed by atoms with E-state index in [0.29, 0.717) is 5.71 Å². The number of nitrogens with one attached hydrogen (secondary N) is 2. The third kappa shape index (κ3) is 3.25. The summed E-state index contributed by atoms with van der Waals surface area (Å²) in [6, 6.07) is 7.53. The molecule has 0 spiro atoms. The molecule has 1 unspecified atom stereocenters. The summed E-state index contributed by atoms with van der Waals surface area (Å²) in [6.45, 7) is 1.77. The van der Waals surface area contributed by atoms with Crippen molar-refractivity contribution in [3.8, 4) is 0 Å². The first-order valence-electron chi connectivity index (χ1n) is 5.51. The van der Waals surface area contributed by atoms with Crippen LogP contribution in [0.15, 0.2) is 38.9 Å². The van der Waals surface area contributed by atoms with Gasteiger partial charge < -0.3 is 0 Å². The first kappa shape index (κ1) is 13.4. The molecule has 0 aromatic heterocycles. The van der Waals surface area contributed by atoms with Gasteiger partial charge in [0.15, 0.2) is 5.92 Å². The van der Waals surface area contributed by atoms with Crippen LogP contribution in [0, 0.1) is 5.92 Å². The molecular formula is C12H11BrN4O2. The van der Waals surface area contributed by atoms with E-state index in [2.05, 4.69) is 37.0 Å². The lowest BCUT2D eigenvalue weighted by Gasteiger charge is -2.05. The van der Waals surface area contributed by atoms with E-state index in [1.165, 1.54) is 6.21 Å².